The van der Waals surface area contributed by atoms with Crippen molar-refractivity contribution in [3.05, 3.63) is 59.6 Å². The molecule has 2 fully saturated rings. The average Bonchev–Trinajstić information content (AvgIpc) is 2.64. The van der Waals surface area contributed by atoms with Gasteiger partial charge in [-0.3, -0.25) is 4.98 Å². The summed E-state index contributed by atoms with van der Waals surface area (Å²) in [5.74, 6) is 0. The van der Waals surface area contributed by atoms with Gasteiger partial charge in [0.25, 0.3) is 0 Å². The van der Waals surface area contributed by atoms with Crippen LogP contribution in [0.1, 0.15) is 31.2 Å². The Balaban J connectivity index is 1.58. The number of pyridine rings is 1. The SMILES string of the molecule is [C-]#[N+]Cc1ccc(NC(=O)N2C3CCCC2C3)cc1-c1ccccn1. The number of nitrogens with one attached hydrogen (secondary N) is 1. The summed E-state index contributed by atoms with van der Waals surface area (Å²) in [6.45, 7) is 7.46. The molecule has 2 amide bonds. The number of aromatic nitrogens is 1. The number of amides is 2. The fourth-order valence-electron chi connectivity index (χ4n) is 3.96. The molecule has 0 aliphatic carbocycles. The molecule has 2 unspecified atom stereocenters. The number of hydrogen-bond donors (Lipinski definition) is 1. The fraction of sp³-hybridized carbons (Fsp3) is 0.350. The van der Waals surface area contributed by atoms with Gasteiger partial charge in [-0.1, -0.05) is 6.07 Å². The molecule has 4 rings (SSSR count). The van der Waals surface area contributed by atoms with Crippen molar-refractivity contribution in [1.82, 2.24) is 9.88 Å². The van der Waals surface area contributed by atoms with Crippen molar-refractivity contribution in [2.24, 2.45) is 0 Å². The van der Waals surface area contributed by atoms with E-state index in [2.05, 4.69) is 15.1 Å². The van der Waals surface area contributed by atoms with E-state index >= 15 is 0 Å². The number of carbonyl (C=O) groups excluding carboxylic acids is 1. The van der Waals surface area contributed by atoms with Gasteiger partial charge >= 0.3 is 6.03 Å². The number of carbonyl (C=O) groups is 1. The predicted octanol–water partition coefficient (Wildman–Crippen LogP) is 4.33. The van der Waals surface area contributed by atoms with Gasteiger partial charge in [-0.15, -0.1) is 0 Å². The highest BCUT2D eigenvalue weighted by molar-refractivity contribution is 5.91. The Morgan fingerprint density at radius 3 is 2.80 bits per heavy atom. The molecule has 1 aromatic carbocycles. The largest absolute Gasteiger partial charge is 0.322 e. The van der Waals surface area contributed by atoms with Crippen molar-refractivity contribution < 1.29 is 4.79 Å². The minimum absolute atomic E-state index is 0.00847. The van der Waals surface area contributed by atoms with Crippen LogP contribution in [0.2, 0.25) is 0 Å². The summed E-state index contributed by atoms with van der Waals surface area (Å²) in [6, 6.07) is 12.2. The molecule has 126 valence electrons. The van der Waals surface area contributed by atoms with Crippen molar-refractivity contribution in [3.63, 3.8) is 0 Å². The standard InChI is InChI=1S/C20H20N4O/c1-21-13-14-8-9-15(11-18(14)19-7-2-3-10-22-19)23-20(25)24-16-5-4-6-17(24)12-16/h2-3,7-11,16-17H,4-6,12-13H2,(H,23,25). The molecular weight excluding hydrogens is 312 g/mol. The van der Waals surface area contributed by atoms with Crippen LogP contribution in [0.5, 0.6) is 0 Å². The first-order valence-electron chi connectivity index (χ1n) is 8.73. The lowest BCUT2D eigenvalue weighted by Gasteiger charge is -2.52. The Morgan fingerprint density at radius 2 is 2.12 bits per heavy atom. The number of nitrogens with zero attached hydrogens (tertiary/aromatic N) is 3. The second kappa shape index (κ2) is 6.56. The minimum atomic E-state index is -0.00847. The van der Waals surface area contributed by atoms with Crippen LogP contribution in [0.4, 0.5) is 10.5 Å². The first-order chi connectivity index (χ1) is 12.3. The molecule has 2 aliphatic heterocycles. The summed E-state index contributed by atoms with van der Waals surface area (Å²) in [5, 5.41) is 3.03. The van der Waals surface area contributed by atoms with E-state index in [0.717, 1.165) is 41.8 Å². The van der Waals surface area contributed by atoms with Gasteiger partial charge in [0.05, 0.1) is 5.69 Å². The molecule has 2 saturated heterocycles. The zero-order valence-corrected chi connectivity index (χ0v) is 14.0. The Kier molecular flexibility index (Phi) is 4.10. The van der Waals surface area contributed by atoms with Gasteiger partial charge in [0, 0.05) is 35.1 Å². The topological polar surface area (TPSA) is 49.6 Å². The Bertz CT molecular complexity index is 813. The van der Waals surface area contributed by atoms with E-state index in [9.17, 15) is 4.79 Å². The molecule has 5 nitrogen and oxygen atoms in total. The quantitative estimate of drug-likeness (QED) is 0.851. The molecular formula is C20H20N4O. The average molecular weight is 332 g/mol. The Labute approximate surface area is 147 Å². The summed E-state index contributed by atoms with van der Waals surface area (Å²) in [6.07, 6.45) is 6.36. The molecule has 1 aromatic heterocycles. The van der Waals surface area contributed by atoms with E-state index in [-0.39, 0.29) is 6.03 Å². The minimum Gasteiger partial charge on any atom is -0.318 e. The molecule has 1 N–H and O–H groups in total. The summed E-state index contributed by atoms with van der Waals surface area (Å²) in [5.41, 5.74) is 3.40. The smallest absolute Gasteiger partial charge is 0.318 e. The second-order valence-electron chi connectivity index (χ2n) is 6.71. The third kappa shape index (κ3) is 2.96. The third-order valence-electron chi connectivity index (χ3n) is 5.19. The Hall–Kier alpha value is -2.87. The van der Waals surface area contributed by atoms with E-state index in [1.54, 1.807) is 6.20 Å². The molecule has 5 heteroatoms. The van der Waals surface area contributed by atoms with Gasteiger partial charge in [0.1, 0.15) is 0 Å². The lowest BCUT2D eigenvalue weighted by atomic mass is 9.80. The van der Waals surface area contributed by atoms with E-state index in [4.69, 9.17) is 6.57 Å². The van der Waals surface area contributed by atoms with Gasteiger partial charge < -0.3 is 15.1 Å². The van der Waals surface area contributed by atoms with Crippen molar-refractivity contribution in [3.8, 4) is 11.3 Å². The third-order valence-corrected chi connectivity index (χ3v) is 5.19. The summed E-state index contributed by atoms with van der Waals surface area (Å²) in [7, 11) is 0. The molecule has 2 bridgehead atoms. The van der Waals surface area contributed by atoms with E-state index in [0.29, 0.717) is 18.6 Å². The molecule has 2 aromatic rings. The van der Waals surface area contributed by atoms with Gasteiger partial charge in [-0.25, -0.2) is 11.4 Å². The first kappa shape index (κ1) is 15.6. The summed E-state index contributed by atoms with van der Waals surface area (Å²) < 4.78 is 0. The van der Waals surface area contributed by atoms with Gasteiger partial charge in [0.15, 0.2) is 0 Å². The van der Waals surface area contributed by atoms with Crippen LogP contribution in [0.15, 0.2) is 42.6 Å². The highest BCUT2D eigenvalue weighted by Crippen LogP contribution is 2.38. The van der Waals surface area contributed by atoms with E-state index in [1.165, 1.54) is 6.42 Å². The van der Waals surface area contributed by atoms with Gasteiger partial charge in [-0.2, -0.15) is 0 Å². The van der Waals surface area contributed by atoms with Crippen LogP contribution in [0.3, 0.4) is 0 Å². The van der Waals surface area contributed by atoms with Gasteiger partial charge in [0.2, 0.25) is 6.54 Å². The normalized spacial score (nSPS) is 21.2. The van der Waals surface area contributed by atoms with E-state index in [1.807, 2.05) is 41.3 Å². The molecule has 2 atom stereocenters. The molecule has 0 saturated carbocycles. The second-order valence-corrected chi connectivity index (χ2v) is 6.71. The number of benzene rings is 1. The van der Waals surface area contributed by atoms with Gasteiger partial charge in [-0.05, 0) is 56.0 Å². The zero-order chi connectivity index (χ0) is 17.2. The summed E-state index contributed by atoms with van der Waals surface area (Å²) >= 11 is 0. The number of urea groups is 1. The number of piperidine rings is 1. The number of rotatable bonds is 3. The lowest BCUT2D eigenvalue weighted by molar-refractivity contribution is 0.0173. The van der Waals surface area contributed by atoms with Crippen LogP contribution in [-0.2, 0) is 6.54 Å². The maximum absolute atomic E-state index is 12.6. The lowest BCUT2D eigenvalue weighted by Crippen LogP contribution is -2.62. The van der Waals surface area contributed by atoms with Crippen LogP contribution >= 0.6 is 0 Å². The molecule has 0 spiro atoms. The number of anilines is 1. The van der Waals surface area contributed by atoms with Crippen molar-refractivity contribution in [2.45, 2.75) is 44.3 Å². The first-order valence-corrected chi connectivity index (χ1v) is 8.73. The monoisotopic (exact) mass is 332 g/mol. The molecule has 25 heavy (non-hydrogen) atoms. The van der Waals surface area contributed by atoms with E-state index < -0.39 is 0 Å². The Morgan fingerprint density at radius 1 is 1.28 bits per heavy atom. The fourth-order valence-corrected chi connectivity index (χ4v) is 3.96. The zero-order valence-electron chi connectivity index (χ0n) is 14.0. The maximum atomic E-state index is 12.6. The molecule has 0 radical (unpaired) electrons. The van der Waals surface area contributed by atoms with Crippen molar-refractivity contribution >= 4 is 11.7 Å². The summed E-state index contributed by atoms with van der Waals surface area (Å²) in [4.78, 5) is 22.5. The van der Waals surface area contributed by atoms with Crippen LogP contribution in [-0.4, -0.2) is 28.0 Å². The highest BCUT2D eigenvalue weighted by Gasteiger charge is 2.44. The number of hydrogen-bond acceptors (Lipinski definition) is 2. The molecule has 2 aliphatic rings. The maximum Gasteiger partial charge on any atom is 0.322 e. The predicted molar refractivity (Wildman–Crippen MR) is 96.9 cm³/mol. The van der Waals surface area contributed by atoms with Crippen LogP contribution in [0.25, 0.3) is 16.1 Å². The number of fused-ring (bicyclic) bond motifs is 2. The molecule has 3 heterocycles. The van der Waals surface area contributed by atoms with Crippen LogP contribution < -0.4 is 5.32 Å². The highest BCUT2D eigenvalue weighted by atomic mass is 16.2. The van der Waals surface area contributed by atoms with Crippen molar-refractivity contribution in [2.75, 3.05) is 5.32 Å². The van der Waals surface area contributed by atoms with Crippen LogP contribution in [0, 0.1) is 6.57 Å². The van der Waals surface area contributed by atoms with Crippen molar-refractivity contribution in [1.29, 1.82) is 0 Å².